The van der Waals surface area contributed by atoms with E-state index in [0.717, 1.165) is 17.1 Å². The number of hydrogen-bond acceptors (Lipinski definition) is 3. The molecule has 0 saturated carbocycles. The van der Waals surface area contributed by atoms with Gasteiger partial charge in [0.2, 0.25) is 0 Å². The van der Waals surface area contributed by atoms with Crippen molar-refractivity contribution < 1.29 is 0 Å². The number of hydrogen-bond donors (Lipinski definition) is 0. The van der Waals surface area contributed by atoms with E-state index in [2.05, 4.69) is 254 Å². The Morgan fingerprint density at radius 1 is 0.318 bits per heavy atom. The third-order valence-electron chi connectivity index (χ3n) is 13.6. The van der Waals surface area contributed by atoms with E-state index in [1.165, 1.54) is 97.1 Å². The van der Waals surface area contributed by atoms with Crippen LogP contribution in [0.4, 0.5) is 17.1 Å². The second-order valence-electron chi connectivity index (χ2n) is 17.2. The zero-order chi connectivity index (χ0) is 43.6. The van der Waals surface area contributed by atoms with Crippen LogP contribution in [0.15, 0.2) is 259 Å². The minimum atomic E-state index is -0.391. The number of nitrogens with zero attached hydrogens (tertiary/aromatic N) is 1. The Labute approximate surface area is 394 Å². The van der Waals surface area contributed by atoms with Crippen molar-refractivity contribution in [2.75, 3.05) is 4.90 Å². The lowest BCUT2D eigenvalue weighted by Crippen LogP contribution is -2.30. The lowest BCUT2D eigenvalue weighted by atomic mass is 9.71. The Bertz CT molecular complexity index is 3400. The standard InChI is InChI=1S/C63H41NS2/c1-3-13-42(14-4-1)44-23-27-46(28-24-44)48-31-35-50(36-32-48)64(51-37-33-49(34-38-51)47-29-25-45(26-30-47)43-15-5-2-6-16-43)52-39-40-55-60(41-52)66-62-61(55)65-59-22-12-11-21-58(59)63(62)56-19-9-7-17-53(56)54-18-8-10-20-57(54)63/h1-41H. The average Bonchev–Trinajstić information content (AvgIpc) is 3.91. The number of fused-ring (bicyclic) bond motifs is 11. The van der Waals surface area contributed by atoms with E-state index in [0.29, 0.717) is 0 Å². The van der Waals surface area contributed by atoms with E-state index in [4.69, 9.17) is 0 Å². The Morgan fingerprint density at radius 3 is 1.18 bits per heavy atom. The van der Waals surface area contributed by atoms with Gasteiger partial charge in [-0.2, -0.15) is 0 Å². The van der Waals surface area contributed by atoms with E-state index >= 15 is 0 Å². The summed E-state index contributed by atoms with van der Waals surface area (Å²) in [5.41, 5.74) is 19.4. The normalized spacial score (nSPS) is 12.9. The number of benzene rings is 10. The minimum Gasteiger partial charge on any atom is -0.310 e. The molecule has 0 atom stereocenters. The summed E-state index contributed by atoms with van der Waals surface area (Å²) in [6, 6.07) is 91.5. The summed E-state index contributed by atoms with van der Waals surface area (Å²) in [7, 11) is 0. The van der Waals surface area contributed by atoms with Gasteiger partial charge in [-0.05, 0) is 115 Å². The van der Waals surface area contributed by atoms with Gasteiger partial charge >= 0.3 is 0 Å². The maximum Gasteiger partial charge on any atom is 0.0829 e. The topological polar surface area (TPSA) is 3.24 Å². The van der Waals surface area contributed by atoms with Crippen molar-refractivity contribution in [1.29, 1.82) is 0 Å². The van der Waals surface area contributed by atoms with Crippen LogP contribution < -0.4 is 4.90 Å². The van der Waals surface area contributed by atoms with E-state index < -0.39 is 5.41 Å². The van der Waals surface area contributed by atoms with E-state index in [1.807, 2.05) is 23.1 Å². The first-order valence-electron chi connectivity index (χ1n) is 22.6. The molecule has 0 unspecified atom stereocenters. The minimum absolute atomic E-state index is 0.391. The van der Waals surface area contributed by atoms with Gasteiger partial charge in [-0.25, -0.2) is 0 Å². The fourth-order valence-electron chi connectivity index (χ4n) is 10.4. The molecule has 0 radical (unpaired) electrons. The maximum absolute atomic E-state index is 2.43. The molecule has 13 rings (SSSR count). The van der Waals surface area contributed by atoms with Crippen LogP contribution in [0.2, 0.25) is 0 Å². The van der Waals surface area contributed by atoms with Crippen molar-refractivity contribution in [1.82, 2.24) is 0 Å². The van der Waals surface area contributed by atoms with Gasteiger partial charge in [-0.3, -0.25) is 0 Å². The molecule has 0 fully saturated rings. The molecule has 2 aliphatic rings. The summed E-state index contributed by atoms with van der Waals surface area (Å²) in [6.07, 6.45) is 0. The molecule has 1 aliphatic heterocycles. The molecule has 0 bridgehead atoms. The zero-order valence-electron chi connectivity index (χ0n) is 35.9. The first kappa shape index (κ1) is 38.7. The first-order valence-corrected chi connectivity index (χ1v) is 24.2. The summed E-state index contributed by atoms with van der Waals surface area (Å²) < 4.78 is 1.29. The van der Waals surface area contributed by atoms with Crippen LogP contribution in [0.1, 0.15) is 21.6 Å². The second-order valence-corrected chi connectivity index (χ2v) is 19.3. The van der Waals surface area contributed by atoms with Crippen LogP contribution in [0.5, 0.6) is 0 Å². The van der Waals surface area contributed by atoms with Crippen molar-refractivity contribution in [2.45, 2.75) is 15.2 Å². The van der Waals surface area contributed by atoms with Gasteiger partial charge in [-0.1, -0.05) is 218 Å². The fraction of sp³-hybridized carbons (Fsp3) is 0.0159. The zero-order valence-corrected chi connectivity index (χ0v) is 37.6. The van der Waals surface area contributed by atoms with Crippen molar-refractivity contribution in [3.05, 3.63) is 270 Å². The molecule has 11 aromatic rings. The highest BCUT2D eigenvalue weighted by atomic mass is 32.2. The highest BCUT2D eigenvalue weighted by molar-refractivity contribution is 8.00. The molecule has 310 valence electrons. The summed E-state index contributed by atoms with van der Waals surface area (Å²) in [6.45, 7) is 0. The SMILES string of the molecule is c1ccc(-c2ccc(-c3ccc(N(c4ccc(-c5ccc(-c6ccccc6)cc5)cc4)c4ccc5c6c(sc5c4)C4(c5ccccc5S6)c5ccccc5-c5ccccc54)cc3)cc2)cc1. The van der Waals surface area contributed by atoms with E-state index in [-0.39, 0.29) is 0 Å². The quantitative estimate of drug-likeness (QED) is 0.157. The Balaban J connectivity index is 0.924. The van der Waals surface area contributed by atoms with Crippen molar-refractivity contribution in [2.24, 2.45) is 0 Å². The van der Waals surface area contributed by atoms with Gasteiger partial charge < -0.3 is 4.90 Å². The molecule has 3 heteroatoms. The molecule has 0 saturated heterocycles. The Kier molecular flexibility index (Phi) is 9.26. The predicted octanol–water partition coefficient (Wildman–Crippen LogP) is 17.9. The van der Waals surface area contributed by atoms with Crippen molar-refractivity contribution >= 4 is 50.2 Å². The Hall–Kier alpha value is -7.69. The van der Waals surface area contributed by atoms with Crippen LogP contribution in [-0.2, 0) is 5.41 Å². The largest absolute Gasteiger partial charge is 0.310 e. The van der Waals surface area contributed by atoms with E-state index in [9.17, 15) is 0 Å². The molecule has 1 spiro atoms. The van der Waals surface area contributed by atoms with Crippen molar-refractivity contribution in [3.8, 4) is 55.6 Å². The molecule has 1 aliphatic carbocycles. The summed E-state index contributed by atoms with van der Waals surface area (Å²) in [5, 5.41) is 1.31. The number of anilines is 3. The van der Waals surface area contributed by atoms with Crippen LogP contribution in [0.3, 0.4) is 0 Å². The molecular weight excluding hydrogens is 835 g/mol. The van der Waals surface area contributed by atoms with Gasteiger partial charge in [-0.15, -0.1) is 11.3 Å². The van der Waals surface area contributed by atoms with Crippen LogP contribution >= 0.6 is 23.1 Å². The van der Waals surface area contributed by atoms with Gasteiger partial charge in [0.05, 0.1) is 5.41 Å². The van der Waals surface area contributed by atoms with Gasteiger partial charge in [0.1, 0.15) is 0 Å². The molecular formula is C63H41NS2. The Morgan fingerprint density at radius 2 is 0.697 bits per heavy atom. The van der Waals surface area contributed by atoms with Gasteiger partial charge in [0.15, 0.2) is 0 Å². The monoisotopic (exact) mass is 875 g/mol. The third-order valence-corrected chi connectivity index (χ3v) is 16.2. The van der Waals surface area contributed by atoms with Gasteiger partial charge in [0.25, 0.3) is 0 Å². The molecule has 1 aromatic heterocycles. The molecule has 2 heterocycles. The smallest absolute Gasteiger partial charge is 0.0829 e. The predicted molar refractivity (Wildman–Crippen MR) is 280 cm³/mol. The fourth-order valence-corrected chi connectivity index (χ4v) is 13.4. The first-order chi connectivity index (χ1) is 32.7. The molecule has 0 amide bonds. The average molecular weight is 876 g/mol. The maximum atomic E-state index is 2.43. The van der Waals surface area contributed by atoms with Gasteiger partial charge in [0, 0.05) is 41.8 Å². The molecule has 1 nitrogen and oxygen atoms in total. The van der Waals surface area contributed by atoms with E-state index in [1.54, 1.807) is 0 Å². The molecule has 10 aromatic carbocycles. The van der Waals surface area contributed by atoms with Crippen LogP contribution in [-0.4, -0.2) is 0 Å². The van der Waals surface area contributed by atoms with Crippen LogP contribution in [0, 0.1) is 0 Å². The molecule has 66 heavy (non-hydrogen) atoms. The lowest BCUT2D eigenvalue weighted by Gasteiger charge is -2.37. The second kappa shape index (κ2) is 15.8. The van der Waals surface area contributed by atoms with Crippen LogP contribution in [0.25, 0.3) is 65.7 Å². The summed E-state index contributed by atoms with van der Waals surface area (Å²) in [4.78, 5) is 6.52. The summed E-state index contributed by atoms with van der Waals surface area (Å²) >= 11 is 3.89. The lowest BCUT2D eigenvalue weighted by molar-refractivity contribution is 0.745. The highest BCUT2D eigenvalue weighted by Crippen LogP contribution is 2.65. The third kappa shape index (κ3) is 6.23. The van der Waals surface area contributed by atoms with Crippen molar-refractivity contribution in [3.63, 3.8) is 0 Å². The highest BCUT2D eigenvalue weighted by Gasteiger charge is 2.51. The molecule has 0 N–H and O–H groups in total. The number of thiophene rings is 1. The summed E-state index contributed by atoms with van der Waals surface area (Å²) in [5.74, 6) is 0. The number of rotatable bonds is 7.